The number of carbonyl (C=O) groups excluding carboxylic acids is 1. The zero-order chi connectivity index (χ0) is 19.7. The molecule has 0 aliphatic rings. The second kappa shape index (κ2) is 10.8. The lowest BCUT2D eigenvalue weighted by Crippen LogP contribution is -2.28. The standard InChI is InChI=1S/C22H36N3OP/c1-5-9-16-27(17-10-6-2,18-11-7-3)22(21(26)8-4)25-20-15-13-12-14-19(20)23-24-25/h12-15H,5-11,16-18H2,1-4H3. The number of nitrogens with zero attached hydrogens (tertiary/aromatic N) is 3. The summed E-state index contributed by atoms with van der Waals surface area (Å²) >= 11 is 0. The minimum Gasteiger partial charge on any atom is -0.292 e. The van der Waals surface area contributed by atoms with Gasteiger partial charge in [-0.2, -0.15) is 0 Å². The Bertz CT molecular complexity index is 765. The lowest BCUT2D eigenvalue weighted by Gasteiger charge is -2.30. The number of aromatic nitrogens is 3. The number of carbonyl (C=O) groups is 1. The number of benzene rings is 1. The van der Waals surface area contributed by atoms with Crippen molar-refractivity contribution in [3.05, 3.63) is 24.3 Å². The molecule has 0 spiro atoms. The van der Waals surface area contributed by atoms with Crippen molar-refractivity contribution in [3.63, 3.8) is 0 Å². The van der Waals surface area contributed by atoms with Crippen LogP contribution in [0.15, 0.2) is 24.3 Å². The van der Waals surface area contributed by atoms with E-state index in [1.165, 1.54) is 57.0 Å². The van der Waals surface area contributed by atoms with E-state index >= 15 is 0 Å². The van der Waals surface area contributed by atoms with E-state index in [0.717, 1.165) is 16.5 Å². The monoisotopic (exact) mass is 389 g/mol. The Kier molecular flexibility index (Phi) is 8.76. The molecular weight excluding hydrogens is 353 g/mol. The Morgan fingerprint density at radius 3 is 2.00 bits per heavy atom. The van der Waals surface area contributed by atoms with Crippen molar-refractivity contribution < 1.29 is 4.79 Å². The van der Waals surface area contributed by atoms with Gasteiger partial charge in [0.25, 0.3) is 0 Å². The zero-order valence-electron chi connectivity index (χ0n) is 17.6. The van der Waals surface area contributed by atoms with Crippen LogP contribution in [-0.2, 0) is 4.79 Å². The molecule has 0 atom stereocenters. The second-order valence-electron chi connectivity index (χ2n) is 7.47. The van der Waals surface area contributed by atoms with Gasteiger partial charge in [-0.15, -0.1) is 5.10 Å². The predicted octanol–water partition coefficient (Wildman–Crippen LogP) is 5.81. The minimum absolute atomic E-state index is 0.266. The van der Waals surface area contributed by atoms with Crippen LogP contribution < -0.4 is 0 Å². The first-order valence-electron chi connectivity index (χ1n) is 10.7. The quantitative estimate of drug-likeness (QED) is 0.431. The van der Waals surface area contributed by atoms with Crippen LogP contribution in [0.25, 0.3) is 11.0 Å². The number of Topliss-reactive ketones (excluding diaryl/α,β-unsaturated/α-hetero) is 1. The highest BCUT2D eigenvalue weighted by Gasteiger charge is 2.29. The van der Waals surface area contributed by atoms with E-state index in [1.807, 2.05) is 35.9 Å². The molecule has 1 aromatic carbocycles. The van der Waals surface area contributed by atoms with Crippen molar-refractivity contribution in [2.45, 2.75) is 72.6 Å². The van der Waals surface area contributed by atoms with E-state index in [4.69, 9.17) is 0 Å². The summed E-state index contributed by atoms with van der Waals surface area (Å²) in [7, 11) is 0. The van der Waals surface area contributed by atoms with Crippen molar-refractivity contribution in [2.75, 3.05) is 18.5 Å². The van der Waals surface area contributed by atoms with Gasteiger partial charge in [0.05, 0.1) is 5.52 Å². The minimum atomic E-state index is -1.59. The molecule has 0 aliphatic carbocycles. The number of hydrogen-bond donors (Lipinski definition) is 0. The molecule has 0 bridgehead atoms. The third-order valence-corrected chi connectivity index (χ3v) is 10.2. The van der Waals surface area contributed by atoms with Crippen molar-refractivity contribution in [1.82, 2.24) is 15.0 Å². The van der Waals surface area contributed by atoms with Crippen molar-refractivity contribution >= 4 is 29.1 Å². The largest absolute Gasteiger partial charge is 0.292 e. The molecule has 2 aromatic rings. The summed E-state index contributed by atoms with van der Waals surface area (Å²) in [6.07, 6.45) is 11.1. The van der Waals surface area contributed by atoms with Gasteiger partial charge in [-0.25, -0.2) is 4.68 Å². The Morgan fingerprint density at radius 2 is 1.48 bits per heavy atom. The third-order valence-electron chi connectivity index (χ3n) is 5.39. The van der Waals surface area contributed by atoms with Crippen LogP contribution in [0.1, 0.15) is 72.6 Å². The van der Waals surface area contributed by atoms with Crippen molar-refractivity contribution in [1.29, 1.82) is 0 Å². The zero-order valence-corrected chi connectivity index (χ0v) is 18.5. The highest BCUT2D eigenvalue weighted by molar-refractivity contribution is 7.77. The first-order chi connectivity index (χ1) is 13.1. The van der Waals surface area contributed by atoms with Gasteiger partial charge in [0.2, 0.25) is 0 Å². The lowest BCUT2D eigenvalue weighted by molar-refractivity contribution is -0.112. The fraction of sp³-hybridized carbons (Fsp3) is 0.636. The van der Waals surface area contributed by atoms with Crippen LogP contribution >= 0.6 is 6.89 Å². The van der Waals surface area contributed by atoms with Crippen LogP contribution in [0.2, 0.25) is 0 Å². The fourth-order valence-electron chi connectivity index (χ4n) is 3.80. The summed E-state index contributed by atoms with van der Waals surface area (Å²) in [5.74, 6) is 0.266. The maximum absolute atomic E-state index is 13.3. The van der Waals surface area contributed by atoms with E-state index in [1.54, 1.807) is 0 Å². The van der Waals surface area contributed by atoms with Gasteiger partial charge < -0.3 is 0 Å². The summed E-state index contributed by atoms with van der Waals surface area (Å²) in [5, 5.41) is 8.86. The molecule has 0 amide bonds. The average molecular weight is 390 g/mol. The molecule has 0 saturated heterocycles. The topological polar surface area (TPSA) is 47.8 Å². The van der Waals surface area contributed by atoms with Gasteiger partial charge in [0.15, 0.2) is 5.78 Å². The lowest BCUT2D eigenvalue weighted by atomic mass is 10.3. The summed E-state index contributed by atoms with van der Waals surface area (Å²) in [4.78, 5) is 13.3. The molecule has 150 valence electrons. The maximum Gasteiger partial charge on any atom is 0.181 e. The summed E-state index contributed by atoms with van der Waals surface area (Å²) in [5.41, 5.74) is 2.84. The van der Waals surface area contributed by atoms with Gasteiger partial charge in [-0.1, -0.05) is 71.2 Å². The molecule has 5 heteroatoms. The molecule has 0 fully saturated rings. The molecule has 0 radical (unpaired) electrons. The predicted molar refractivity (Wildman–Crippen MR) is 119 cm³/mol. The van der Waals surface area contributed by atoms with Gasteiger partial charge >= 0.3 is 0 Å². The number of para-hydroxylation sites is 1. The molecule has 1 aromatic heterocycles. The van der Waals surface area contributed by atoms with Crippen LogP contribution in [0.3, 0.4) is 0 Å². The smallest absolute Gasteiger partial charge is 0.181 e. The van der Waals surface area contributed by atoms with E-state index in [2.05, 4.69) is 31.1 Å². The number of fused-ring (bicyclic) bond motifs is 1. The number of rotatable bonds is 12. The number of unbranched alkanes of at least 4 members (excludes halogenated alkanes) is 3. The van der Waals surface area contributed by atoms with Crippen LogP contribution in [0.5, 0.6) is 0 Å². The Balaban J connectivity index is 2.78. The van der Waals surface area contributed by atoms with Crippen LogP contribution in [0, 0.1) is 0 Å². The highest BCUT2D eigenvalue weighted by Crippen LogP contribution is 2.52. The van der Waals surface area contributed by atoms with Gasteiger partial charge in [0.1, 0.15) is 10.9 Å². The first kappa shape index (κ1) is 21.9. The normalized spacial score (nSPS) is 11.9. The second-order valence-corrected chi connectivity index (χ2v) is 11.5. The van der Waals surface area contributed by atoms with Gasteiger partial charge in [-0.05, 0) is 49.9 Å². The first-order valence-corrected chi connectivity index (χ1v) is 13.1. The molecule has 1 heterocycles. The number of hydrogen-bond acceptors (Lipinski definition) is 3. The molecule has 0 N–H and O–H groups in total. The Hall–Kier alpha value is -1.41. The van der Waals surface area contributed by atoms with Crippen LogP contribution in [0.4, 0.5) is 0 Å². The molecule has 4 nitrogen and oxygen atoms in total. The summed E-state index contributed by atoms with van der Waals surface area (Å²) in [6, 6.07) is 8.03. The van der Waals surface area contributed by atoms with Gasteiger partial charge in [-0.3, -0.25) is 4.79 Å². The molecule has 0 saturated carbocycles. The molecule has 0 unspecified atom stereocenters. The summed E-state index contributed by atoms with van der Waals surface area (Å²) in [6.45, 7) is 7.14. The van der Waals surface area contributed by atoms with E-state index < -0.39 is 6.89 Å². The molecule has 2 rings (SSSR count). The molecule has 0 aliphatic heterocycles. The Morgan fingerprint density at radius 1 is 0.926 bits per heavy atom. The van der Waals surface area contributed by atoms with E-state index in [0.29, 0.717) is 6.42 Å². The maximum atomic E-state index is 13.3. The SMILES string of the molecule is CCCCP(CCCC)(CCCC)=C(C(=O)CC)n1nnc2ccccc21. The van der Waals surface area contributed by atoms with Gasteiger partial charge in [0, 0.05) is 6.42 Å². The highest BCUT2D eigenvalue weighted by atomic mass is 31.2. The third kappa shape index (κ3) is 5.10. The molecule has 27 heavy (non-hydrogen) atoms. The van der Waals surface area contributed by atoms with Crippen molar-refractivity contribution in [2.24, 2.45) is 0 Å². The fourth-order valence-corrected chi connectivity index (χ4v) is 9.11. The summed E-state index contributed by atoms with van der Waals surface area (Å²) < 4.78 is 1.93. The van der Waals surface area contributed by atoms with Crippen LogP contribution in [-0.4, -0.2) is 44.7 Å². The Labute approximate surface area is 164 Å². The average Bonchev–Trinajstić information content (AvgIpc) is 3.12. The van der Waals surface area contributed by atoms with Crippen molar-refractivity contribution in [3.8, 4) is 0 Å². The molecular formula is C22H36N3OP. The van der Waals surface area contributed by atoms with E-state index in [-0.39, 0.29) is 5.78 Å². The van der Waals surface area contributed by atoms with E-state index in [9.17, 15) is 4.79 Å². The number of ketones is 1.